The normalized spacial score (nSPS) is 10.7. The van der Waals surface area contributed by atoms with E-state index in [1.807, 2.05) is 12.1 Å². The van der Waals surface area contributed by atoms with E-state index in [4.69, 9.17) is 0 Å². The van der Waals surface area contributed by atoms with Crippen LogP contribution in [0.2, 0.25) is 0 Å². The summed E-state index contributed by atoms with van der Waals surface area (Å²) in [6, 6.07) is 3.98. The highest BCUT2D eigenvalue weighted by Crippen LogP contribution is 2.24. The fourth-order valence-corrected chi connectivity index (χ4v) is 2.09. The summed E-state index contributed by atoms with van der Waals surface area (Å²) in [6.07, 6.45) is 0. The highest BCUT2D eigenvalue weighted by atomic mass is 16.1. The number of benzene rings is 1. The third-order valence-electron chi connectivity index (χ3n) is 2.58. The first-order valence-corrected chi connectivity index (χ1v) is 5.05. The van der Waals surface area contributed by atoms with Crippen molar-refractivity contribution >= 4 is 5.78 Å². The van der Waals surface area contributed by atoms with Gasteiger partial charge >= 0.3 is 0 Å². The van der Waals surface area contributed by atoms with Crippen molar-refractivity contribution < 1.29 is 4.79 Å². The molecule has 0 fully saturated rings. The van der Waals surface area contributed by atoms with E-state index in [-0.39, 0.29) is 5.78 Å². The molecule has 1 heteroatoms. The van der Waals surface area contributed by atoms with Crippen molar-refractivity contribution in [2.24, 2.45) is 0 Å². The van der Waals surface area contributed by atoms with Crippen molar-refractivity contribution in [3.05, 3.63) is 34.4 Å². The third-order valence-corrected chi connectivity index (χ3v) is 2.58. The summed E-state index contributed by atoms with van der Waals surface area (Å²) in [7, 11) is 0. The maximum Gasteiger partial charge on any atom is 0.159 e. The zero-order valence-electron chi connectivity index (χ0n) is 9.64. The molecule has 0 saturated carbocycles. The van der Waals surface area contributed by atoms with Crippen molar-refractivity contribution in [2.45, 2.75) is 40.5 Å². The third kappa shape index (κ3) is 2.03. The van der Waals surface area contributed by atoms with E-state index >= 15 is 0 Å². The van der Waals surface area contributed by atoms with Crippen LogP contribution in [0.15, 0.2) is 12.1 Å². The number of rotatable bonds is 2. The molecule has 14 heavy (non-hydrogen) atoms. The van der Waals surface area contributed by atoms with Crippen molar-refractivity contribution in [1.29, 1.82) is 0 Å². The van der Waals surface area contributed by atoms with Crippen LogP contribution in [0, 0.1) is 13.8 Å². The smallest absolute Gasteiger partial charge is 0.159 e. The summed E-state index contributed by atoms with van der Waals surface area (Å²) in [5, 5.41) is 0. The van der Waals surface area contributed by atoms with Gasteiger partial charge in [0.05, 0.1) is 0 Å². The van der Waals surface area contributed by atoms with Gasteiger partial charge in [-0.3, -0.25) is 4.79 Å². The van der Waals surface area contributed by atoms with E-state index in [0.717, 1.165) is 5.56 Å². The molecule has 0 unspecified atom stereocenters. The van der Waals surface area contributed by atoms with Crippen LogP contribution in [0.1, 0.15) is 53.7 Å². The minimum Gasteiger partial charge on any atom is -0.295 e. The second-order valence-corrected chi connectivity index (χ2v) is 4.23. The predicted octanol–water partition coefficient (Wildman–Crippen LogP) is 3.63. The zero-order valence-corrected chi connectivity index (χ0v) is 9.64. The molecule has 0 spiro atoms. The molecule has 1 aromatic carbocycles. The van der Waals surface area contributed by atoms with Crippen LogP contribution in [0.5, 0.6) is 0 Å². The molecule has 0 radical (unpaired) electrons. The predicted molar refractivity (Wildman–Crippen MR) is 60.0 cm³/mol. The van der Waals surface area contributed by atoms with Gasteiger partial charge in [0.2, 0.25) is 0 Å². The Morgan fingerprint density at radius 1 is 1.14 bits per heavy atom. The van der Waals surface area contributed by atoms with E-state index < -0.39 is 0 Å². The Kier molecular flexibility index (Phi) is 3.10. The lowest BCUT2D eigenvalue weighted by Crippen LogP contribution is -2.01. The minimum atomic E-state index is 0.145. The number of hydrogen-bond acceptors (Lipinski definition) is 1. The molecule has 0 aliphatic heterocycles. The fraction of sp³-hybridized carbons (Fsp3) is 0.462. The Balaban J connectivity index is 3.32. The van der Waals surface area contributed by atoms with Crippen LogP contribution in [-0.4, -0.2) is 5.78 Å². The van der Waals surface area contributed by atoms with E-state index in [9.17, 15) is 4.79 Å². The van der Waals surface area contributed by atoms with Crippen LogP contribution < -0.4 is 0 Å². The lowest BCUT2D eigenvalue weighted by molar-refractivity contribution is 0.101. The molecule has 0 heterocycles. The van der Waals surface area contributed by atoms with Crippen LogP contribution >= 0.6 is 0 Å². The fourth-order valence-electron chi connectivity index (χ4n) is 2.09. The molecule has 1 nitrogen and oxygen atoms in total. The average Bonchev–Trinajstić information content (AvgIpc) is 2.01. The van der Waals surface area contributed by atoms with Gasteiger partial charge < -0.3 is 0 Å². The second kappa shape index (κ2) is 3.95. The van der Waals surface area contributed by atoms with Gasteiger partial charge in [-0.2, -0.15) is 0 Å². The van der Waals surface area contributed by atoms with Gasteiger partial charge in [-0.05, 0) is 55.5 Å². The summed E-state index contributed by atoms with van der Waals surface area (Å²) in [6.45, 7) is 10.1. The van der Waals surface area contributed by atoms with Gasteiger partial charge in [0.15, 0.2) is 5.78 Å². The van der Waals surface area contributed by atoms with E-state index in [2.05, 4.69) is 27.7 Å². The average molecular weight is 190 g/mol. The summed E-state index contributed by atoms with van der Waals surface area (Å²) < 4.78 is 0. The number of Topliss-reactive ketones (excluding diaryl/α,β-unsaturated/α-hetero) is 1. The Hall–Kier alpha value is -1.11. The molecule has 0 saturated heterocycles. The largest absolute Gasteiger partial charge is 0.295 e. The Labute approximate surface area is 86.1 Å². The molecule has 0 bridgehead atoms. The second-order valence-electron chi connectivity index (χ2n) is 4.23. The molecule has 0 N–H and O–H groups in total. The lowest BCUT2D eigenvalue weighted by Gasteiger charge is -2.14. The first-order valence-electron chi connectivity index (χ1n) is 5.05. The van der Waals surface area contributed by atoms with Gasteiger partial charge in [0, 0.05) is 5.56 Å². The topological polar surface area (TPSA) is 17.1 Å². The standard InChI is InChI=1S/C13H18O/c1-8(2)13-9(3)6-12(11(5)14)7-10(13)4/h6-8H,1-5H3. The Morgan fingerprint density at radius 2 is 1.57 bits per heavy atom. The molecule has 0 aromatic heterocycles. The van der Waals surface area contributed by atoms with Gasteiger partial charge in [0.1, 0.15) is 0 Å². The maximum atomic E-state index is 11.2. The minimum absolute atomic E-state index is 0.145. The SMILES string of the molecule is CC(=O)c1cc(C)c(C(C)C)c(C)c1. The Morgan fingerprint density at radius 3 is 1.86 bits per heavy atom. The molecule has 76 valence electrons. The first kappa shape index (κ1) is 11.0. The van der Waals surface area contributed by atoms with Gasteiger partial charge in [-0.1, -0.05) is 13.8 Å². The molecule has 0 aliphatic rings. The number of carbonyl (C=O) groups is 1. The lowest BCUT2D eigenvalue weighted by atomic mass is 9.91. The molecule has 1 aromatic rings. The zero-order chi connectivity index (χ0) is 10.9. The monoisotopic (exact) mass is 190 g/mol. The van der Waals surface area contributed by atoms with Crippen molar-refractivity contribution in [2.75, 3.05) is 0 Å². The highest BCUT2D eigenvalue weighted by molar-refractivity contribution is 5.94. The van der Waals surface area contributed by atoms with Crippen LogP contribution in [-0.2, 0) is 0 Å². The molecule has 0 amide bonds. The molecule has 0 atom stereocenters. The quantitative estimate of drug-likeness (QED) is 0.651. The molecular weight excluding hydrogens is 172 g/mol. The van der Waals surface area contributed by atoms with E-state index in [0.29, 0.717) is 5.92 Å². The van der Waals surface area contributed by atoms with Crippen molar-refractivity contribution in [3.8, 4) is 0 Å². The summed E-state index contributed by atoms with van der Waals surface area (Å²) in [5.74, 6) is 0.669. The van der Waals surface area contributed by atoms with Crippen molar-refractivity contribution in [3.63, 3.8) is 0 Å². The molecular formula is C13H18O. The van der Waals surface area contributed by atoms with Crippen LogP contribution in [0.3, 0.4) is 0 Å². The number of ketones is 1. The van der Waals surface area contributed by atoms with Crippen LogP contribution in [0.4, 0.5) is 0 Å². The van der Waals surface area contributed by atoms with Gasteiger partial charge in [0.25, 0.3) is 0 Å². The molecule has 0 aliphatic carbocycles. The van der Waals surface area contributed by atoms with E-state index in [1.54, 1.807) is 6.92 Å². The number of carbonyl (C=O) groups excluding carboxylic acids is 1. The first-order chi connectivity index (χ1) is 6.43. The number of aryl methyl sites for hydroxylation is 2. The van der Waals surface area contributed by atoms with Gasteiger partial charge in [-0.15, -0.1) is 0 Å². The van der Waals surface area contributed by atoms with E-state index in [1.165, 1.54) is 16.7 Å². The van der Waals surface area contributed by atoms with Crippen molar-refractivity contribution in [1.82, 2.24) is 0 Å². The summed E-state index contributed by atoms with van der Waals surface area (Å²) in [4.78, 5) is 11.2. The summed E-state index contributed by atoms with van der Waals surface area (Å²) in [5.41, 5.74) is 4.65. The highest BCUT2D eigenvalue weighted by Gasteiger charge is 2.10. The Bertz CT molecular complexity index is 338. The van der Waals surface area contributed by atoms with Crippen LogP contribution in [0.25, 0.3) is 0 Å². The summed E-state index contributed by atoms with van der Waals surface area (Å²) >= 11 is 0. The number of hydrogen-bond donors (Lipinski definition) is 0. The molecule has 1 rings (SSSR count). The maximum absolute atomic E-state index is 11.2. The van der Waals surface area contributed by atoms with Gasteiger partial charge in [-0.25, -0.2) is 0 Å².